The van der Waals surface area contributed by atoms with Crippen LogP contribution in [0.15, 0.2) is 71.8 Å². The van der Waals surface area contributed by atoms with Gasteiger partial charge in [-0.05, 0) is 36.1 Å². The highest BCUT2D eigenvalue weighted by Crippen LogP contribution is 2.46. The molecule has 3 atom stereocenters. The van der Waals surface area contributed by atoms with Gasteiger partial charge in [-0.2, -0.15) is 0 Å². The molecule has 6 heteroatoms. The second kappa shape index (κ2) is 9.61. The maximum Gasteiger partial charge on any atom is 0.336 e. The average Bonchev–Trinajstić information content (AvgIpc) is 2.82. The molecule has 172 valence electrons. The largest absolute Gasteiger partial charge is 0.497 e. The number of rotatable bonds is 6. The molecule has 6 nitrogen and oxygen atoms in total. The van der Waals surface area contributed by atoms with Gasteiger partial charge in [-0.1, -0.05) is 32.1 Å². The molecule has 0 amide bonds. The Labute approximate surface area is 194 Å². The highest BCUT2D eigenvalue weighted by molar-refractivity contribution is 5.96. The van der Waals surface area contributed by atoms with Gasteiger partial charge >= 0.3 is 5.97 Å². The number of allylic oxidation sites excluding steroid dienone is 3. The molecule has 0 spiro atoms. The topological polar surface area (TPSA) is 78.8 Å². The van der Waals surface area contributed by atoms with E-state index in [-0.39, 0.29) is 23.6 Å². The summed E-state index contributed by atoms with van der Waals surface area (Å²) >= 11 is 0. The van der Waals surface area contributed by atoms with Crippen molar-refractivity contribution < 1.29 is 24.0 Å². The Balaban J connectivity index is 1.75. The molecular formula is C27H31N2O4+. The minimum absolute atomic E-state index is 0.0332. The molecule has 0 saturated carbocycles. The maximum absolute atomic E-state index is 13.6. The van der Waals surface area contributed by atoms with Crippen LogP contribution in [-0.4, -0.2) is 25.5 Å². The summed E-state index contributed by atoms with van der Waals surface area (Å²) in [7, 11) is 1.64. The van der Waals surface area contributed by atoms with E-state index in [4.69, 9.17) is 9.47 Å². The Kier molecular flexibility index (Phi) is 6.63. The standard InChI is InChI=1S/C27H30N2O4/c1-16(2)15-33-27(31)24-17(3)29-22-13-20(18-5-7-21(32-4)8-6-18)14-23(30)26(22)25(24)19-9-11-28-12-10-19/h5-13,16,20,25-26,29H,14-15H2,1-4H3/p+1. The number of aromatic nitrogens is 1. The van der Waals surface area contributed by atoms with Crippen LogP contribution in [0.5, 0.6) is 5.75 Å². The van der Waals surface area contributed by atoms with Gasteiger partial charge in [0.2, 0.25) is 0 Å². The van der Waals surface area contributed by atoms with Crippen LogP contribution >= 0.6 is 0 Å². The zero-order chi connectivity index (χ0) is 23.5. The van der Waals surface area contributed by atoms with E-state index in [1.165, 1.54) is 0 Å². The first kappa shape index (κ1) is 22.8. The minimum Gasteiger partial charge on any atom is -0.497 e. The predicted octanol–water partition coefficient (Wildman–Crippen LogP) is 3.93. The summed E-state index contributed by atoms with van der Waals surface area (Å²) in [6.07, 6.45) is 6.15. The maximum atomic E-state index is 13.6. The normalized spacial score (nSPS) is 22.4. The Morgan fingerprint density at radius 1 is 1.09 bits per heavy atom. The van der Waals surface area contributed by atoms with Gasteiger partial charge in [0.25, 0.3) is 0 Å². The number of hydrogen-bond acceptors (Lipinski definition) is 5. The van der Waals surface area contributed by atoms with Gasteiger partial charge < -0.3 is 14.8 Å². The fourth-order valence-corrected chi connectivity index (χ4v) is 4.70. The van der Waals surface area contributed by atoms with Crippen molar-refractivity contribution in [2.75, 3.05) is 13.7 Å². The van der Waals surface area contributed by atoms with Gasteiger partial charge in [0.1, 0.15) is 11.5 Å². The Morgan fingerprint density at radius 3 is 2.42 bits per heavy atom. The third kappa shape index (κ3) is 4.70. The molecule has 1 aromatic carbocycles. The second-order valence-corrected chi connectivity index (χ2v) is 9.12. The highest BCUT2D eigenvalue weighted by Gasteiger charge is 2.45. The third-order valence-electron chi connectivity index (χ3n) is 6.28. The molecular weight excluding hydrogens is 416 g/mol. The van der Waals surface area contributed by atoms with Gasteiger partial charge in [0.15, 0.2) is 12.4 Å². The van der Waals surface area contributed by atoms with Gasteiger partial charge in [-0.25, -0.2) is 9.78 Å². The van der Waals surface area contributed by atoms with Crippen LogP contribution in [0.2, 0.25) is 0 Å². The van der Waals surface area contributed by atoms with E-state index in [0.717, 1.165) is 28.3 Å². The van der Waals surface area contributed by atoms with Crippen LogP contribution in [0.25, 0.3) is 0 Å². The average molecular weight is 448 g/mol. The van der Waals surface area contributed by atoms with Crippen LogP contribution in [0.3, 0.4) is 0 Å². The van der Waals surface area contributed by atoms with Crippen LogP contribution in [0.1, 0.15) is 50.2 Å². The highest BCUT2D eigenvalue weighted by atomic mass is 16.5. The lowest BCUT2D eigenvalue weighted by atomic mass is 9.69. The lowest BCUT2D eigenvalue weighted by molar-refractivity contribution is -0.378. The number of carbonyl (C=O) groups is 2. The summed E-state index contributed by atoms with van der Waals surface area (Å²) in [5.41, 5.74) is 4.08. The molecule has 3 unspecified atom stereocenters. The van der Waals surface area contributed by atoms with Crippen LogP contribution in [0, 0.1) is 11.8 Å². The van der Waals surface area contributed by atoms with E-state index in [0.29, 0.717) is 18.6 Å². The Bertz CT molecular complexity index is 1090. The first-order valence-corrected chi connectivity index (χ1v) is 11.4. The van der Waals surface area contributed by atoms with Crippen LogP contribution < -0.4 is 15.0 Å². The smallest absolute Gasteiger partial charge is 0.336 e. The zero-order valence-corrected chi connectivity index (χ0v) is 19.6. The molecule has 2 N–H and O–H groups in total. The fourth-order valence-electron chi connectivity index (χ4n) is 4.70. The van der Waals surface area contributed by atoms with E-state index < -0.39 is 11.8 Å². The number of ketones is 1. The van der Waals surface area contributed by atoms with Crippen molar-refractivity contribution in [3.63, 3.8) is 0 Å². The molecule has 1 aromatic heterocycles. The van der Waals surface area contributed by atoms with Crippen molar-refractivity contribution in [2.45, 2.75) is 39.0 Å². The Hall–Kier alpha value is -3.41. The van der Waals surface area contributed by atoms with Gasteiger partial charge in [0.05, 0.1) is 25.2 Å². The summed E-state index contributed by atoms with van der Waals surface area (Å²) < 4.78 is 10.9. The lowest BCUT2D eigenvalue weighted by Crippen LogP contribution is -2.42. The fraction of sp³-hybridized carbons (Fsp3) is 0.370. The third-order valence-corrected chi connectivity index (χ3v) is 6.28. The molecule has 2 aliphatic rings. The number of H-pyrrole nitrogens is 1. The number of nitrogens with one attached hydrogen (secondary N) is 2. The van der Waals surface area contributed by atoms with Crippen molar-refractivity contribution in [1.29, 1.82) is 0 Å². The van der Waals surface area contributed by atoms with Gasteiger partial charge in [-0.15, -0.1) is 0 Å². The predicted molar refractivity (Wildman–Crippen MR) is 124 cm³/mol. The molecule has 0 saturated heterocycles. The molecule has 0 fully saturated rings. The lowest BCUT2D eigenvalue weighted by Gasteiger charge is -2.39. The first-order valence-electron chi connectivity index (χ1n) is 11.4. The molecule has 0 radical (unpaired) electrons. The molecule has 1 aliphatic carbocycles. The number of ether oxygens (including phenoxy) is 2. The summed E-state index contributed by atoms with van der Waals surface area (Å²) in [6.45, 7) is 6.23. The van der Waals surface area contributed by atoms with Crippen molar-refractivity contribution in [3.8, 4) is 5.75 Å². The number of hydrogen-bond donors (Lipinski definition) is 1. The monoisotopic (exact) mass is 447 g/mol. The number of esters is 1. The summed E-state index contributed by atoms with van der Waals surface area (Å²) in [4.78, 5) is 29.8. The van der Waals surface area contributed by atoms with Crippen molar-refractivity contribution in [2.24, 2.45) is 11.8 Å². The van der Waals surface area contributed by atoms with E-state index in [2.05, 4.69) is 16.4 Å². The molecule has 1 aliphatic heterocycles. The quantitative estimate of drug-likeness (QED) is 0.679. The number of carbonyl (C=O) groups excluding carboxylic acids is 2. The molecule has 4 rings (SSSR count). The summed E-state index contributed by atoms with van der Waals surface area (Å²) in [5.74, 6) is -0.118. The molecule has 0 bridgehead atoms. The number of benzene rings is 1. The number of fused-ring (bicyclic) bond motifs is 1. The van der Waals surface area contributed by atoms with Crippen LogP contribution in [0.4, 0.5) is 0 Å². The van der Waals surface area contributed by atoms with E-state index in [1.54, 1.807) is 7.11 Å². The summed E-state index contributed by atoms with van der Waals surface area (Å²) in [5, 5.41) is 3.38. The first-order chi connectivity index (χ1) is 15.9. The summed E-state index contributed by atoms with van der Waals surface area (Å²) in [6, 6.07) is 11.7. The van der Waals surface area contributed by atoms with Crippen molar-refractivity contribution >= 4 is 11.8 Å². The number of pyridine rings is 1. The van der Waals surface area contributed by atoms with E-state index >= 15 is 0 Å². The zero-order valence-electron chi connectivity index (χ0n) is 19.6. The SMILES string of the molecule is COc1ccc(C2C=C3NC(C)=C(C(=O)OCC(C)C)C(c4cc[nH+]cc4)C3C(=O)C2)cc1. The Morgan fingerprint density at radius 2 is 1.79 bits per heavy atom. The minimum atomic E-state index is -0.452. The van der Waals surface area contributed by atoms with Crippen molar-refractivity contribution in [1.82, 2.24) is 5.32 Å². The molecule has 2 heterocycles. The van der Waals surface area contributed by atoms with Gasteiger partial charge in [-0.3, -0.25) is 4.79 Å². The molecule has 33 heavy (non-hydrogen) atoms. The number of Topliss-reactive ketones (excluding diaryl/α,β-unsaturated/α-hetero) is 1. The molecule has 2 aromatic rings. The van der Waals surface area contributed by atoms with Crippen molar-refractivity contribution in [3.05, 3.63) is 83.0 Å². The second-order valence-electron chi connectivity index (χ2n) is 9.12. The van der Waals surface area contributed by atoms with E-state index in [1.807, 2.05) is 69.6 Å². The number of aromatic amines is 1. The van der Waals surface area contributed by atoms with E-state index in [9.17, 15) is 9.59 Å². The number of methoxy groups -OCH3 is 1. The van der Waals surface area contributed by atoms with Gasteiger partial charge in [0, 0.05) is 41.8 Å². The van der Waals surface area contributed by atoms with Crippen LogP contribution in [-0.2, 0) is 14.3 Å².